The van der Waals surface area contributed by atoms with Crippen molar-refractivity contribution in [3.8, 4) is 0 Å². The summed E-state index contributed by atoms with van der Waals surface area (Å²) in [6.07, 6.45) is 3.75. The van der Waals surface area contributed by atoms with Gasteiger partial charge in [-0.1, -0.05) is 0 Å². The van der Waals surface area contributed by atoms with E-state index in [4.69, 9.17) is 9.52 Å². The van der Waals surface area contributed by atoms with Crippen LogP contribution in [0.3, 0.4) is 0 Å². The van der Waals surface area contributed by atoms with Crippen molar-refractivity contribution >= 4 is 15.9 Å². The molecule has 1 fully saturated rings. The summed E-state index contributed by atoms with van der Waals surface area (Å²) >= 11 is 3.31. The van der Waals surface area contributed by atoms with Crippen molar-refractivity contribution in [3.05, 3.63) is 22.6 Å². The summed E-state index contributed by atoms with van der Waals surface area (Å²) in [4.78, 5) is 0. The molecule has 1 N–H and O–H groups in total. The molecule has 0 spiro atoms. The molecule has 1 aliphatic carbocycles. The zero-order valence-electron chi connectivity index (χ0n) is 6.01. The number of aliphatic hydroxyl groups excluding tert-OH is 1. The minimum Gasteiger partial charge on any atom is -0.467 e. The van der Waals surface area contributed by atoms with Gasteiger partial charge in [-0.25, -0.2) is 0 Å². The summed E-state index contributed by atoms with van der Waals surface area (Å²) in [5.74, 6) is 0.909. The van der Waals surface area contributed by atoms with Crippen LogP contribution in [0.15, 0.2) is 21.2 Å². The Balaban J connectivity index is 2.29. The van der Waals surface area contributed by atoms with Gasteiger partial charge in [-0.2, -0.15) is 0 Å². The van der Waals surface area contributed by atoms with Crippen LogP contribution in [0.2, 0.25) is 0 Å². The lowest BCUT2D eigenvalue weighted by molar-refractivity contribution is 0.237. The van der Waals surface area contributed by atoms with Crippen molar-refractivity contribution in [1.82, 2.24) is 0 Å². The monoisotopic (exact) mass is 216 g/mol. The van der Waals surface area contributed by atoms with Gasteiger partial charge in [-0.15, -0.1) is 0 Å². The summed E-state index contributed by atoms with van der Waals surface area (Å²) < 4.78 is 6.23. The normalized spacial score (nSPS) is 20.2. The quantitative estimate of drug-likeness (QED) is 0.822. The predicted octanol–water partition coefficient (Wildman–Crippen LogP) is 2.07. The molecule has 1 aliphatic rings. The number of hydrogen-bond donors (Lipinski definition) is 1. The van der Waals surface area contributed by atoms with Crippen molar-refractivity contribution in [3.63, 3.8) is 0 Å². The van der Waals surface area contributed by atoms with Gasteiger partial charge in [-0.3, -0.25) is 0 Å². The minimum atomic E-state index is -0.0357. The molecule has 0 aliphatic heterocycles. The van der Waals surface area contributed by atoms with Gasteiger partial charge < -0.3 is 9.52 Å². The Kier molecular flexibility index (Phi) is 1.58. The minimum absolute atomic E-state index is 0.0357. The Labute approximate surface area is 73.3 Å². The van der Waals surface area contributed by atoms with Crippen LogP contribution in [0.5, 0.6) is 0 Å². The van der Waals surface area contributed by atoms with E-state index in [0.717, 1.165) is 23.1 Å². The maximum absolute atomic E-state index is 9.04. The molecule has 0 bridgehead atoms. The largest absolute Gasteiger partial charge is 0.467 e. The fourth-order valence-electron chi connectivity index (χ4n) is 1.22. The molecular weight excluding hydrogens is 208 g/mol. The van der Waals surface area contributed by atoms with Gasteiger partial charge in [0.1, 0.15) is 12.0 Å². The molecular formula is C8H9BrO2. The second-order valence-electron chi connectivity index (χ2n) is 3.07. The summed E-state index contributed by atoms with van der Waals surface area (Å²) in [6, 6.07) is 1.93. The third kappa shape index (κ3) is 1.12. The summed E-state index contributed by atoms with van der Waals surface area (Å²) in [5, 5.41) is 9.04. The third-order valence-corrected chi connectivity index (χ3v) is 2.66. The molecule has 1 saturated carbocycles. The van der Waals surface area contributed by atoms with E-state index >= 15 is 0 Å². The third-order valence-electron chi connectivity index (χ3n) is 2.25. The number of halogens is 1. The molecule has 0 saturated heterocycles. The first-order chi connectivity index (χ1) is 5.27. The van der Waals surface area contributed by atoms with Crippen LogP contribution >= 0.6 is 15.9 Å². The zero-order valence-corrected chi connectivity index (χ0v) is 7.60. The molecule has 1 aromatic heterocycles. The van der Waals surface area contributed by atoms with Gasteiger partial charge in [0, 0.05) is 0 Å². The molecule has 0 amide bonds. The van der Waals surface area contributed by atoms with Crippen LogP contribution in [0.1, 0.15) is 18.6 Å². The highest BCUT2D eigenvalue weighted by molar-refractivity contribution is 9.10. The zero-order chi connectivity index (χ0) is 7.90. The first-order valence-electron chi connectivity index (χ1n) is 3.62. The molecule has 0 aromatic carbocycles. The standard InChI is InChI=1S/C8H9BrO2/c9-6-3-7(11-4-6)8(5-10)1-2-8/h3-4,10H,1-2,5H2. The van der Waals surface area contributed by atoms with E-state index in [1.807, 2.05) is 6.07 Å². The number of rotatable bonds is 2. The SMILES string of the molecule is OCC1(c2cc(Br)co2)CC1. The van der Waals surface area contributed by atoms with Gasteiger partial charge in [0.15, 0.2) is 0 Å². The fourth-order valence-corrected chi connectivity index (χ4v) is 1.53. The van der Waals surface area contributed by atoms with Gasteiger partial charge in [0.2, 0.25) is 0 Å². The van der Waals surface area contributed by atoms with E-state index < -0.39 is 0 Å². The van der Waals surface area contributed by atoms with Crippen LogP contribution in [0.25, 0.3) is 0 Å². The lowest BCUT2D eigenvalue weighted by Gasteiger charge is -2.05. The predicted molar refractivity (Wildman–Crippen MR) is 44.4 cm³/mol. The Morgan fingerprint density at radius 1 is 1.64 bits per heavy atom. The van der Waals surface area contributed by atoms with Crippen LogP contribution in [-0.4, -0.2) is 11.7 Å². The van der Waals surface area contributed by atoms with E-state index in [9.17, 15) is 0 Å². The Morgan fingerprint density at radius 2 is 2.36 bits per heavy atom. The molecule has 2 nitrogen and oxygen atoms in total. The lowest BCUT2D eigenvalue weighted by Crippen LogP contribution is -2.10. The molecule has 1 heterocycles. The van der Waals surface area contributed by atoms with E-state index in [1.54, 1.807) is 6.26 Å². The van der Waals surface area contributed by atoms with E-state index in [2.05, 4.69) is 15.9 Å². The average Bonchev–Trinajstić information content (AvgIpc) is 2.70. The van der Waals surface area contributed by atoms with Crippen molar-refractivity contribution < 1.29 is 9.52 Å². The fraction of sp³-hybridized carbons (Fsp3) is 0.500. The smallest absolute Gasteiger partial charge is 0.113 e. The Hall–Kier alpha value is -0.280. The van der Waals surface area contributed by atoms with Gasteiger partial charge in [-0.05, 0) is 34.8 Å². The molecule has 2 rings (SSSR count). The lowest BCUT2D eigenvalue weighted by atomic mass is 10.1. The van der Waals surface area contributed by atoms with Gasteiger partial charge in [0.05, 0.1) is 16.5 Å². The summed E-state index contributed by atoms with van der Waals surface area (Å²) in [6.45, 7) is 0.201. The van der Waals surface area contributed by atoms with Crippen LogP contribution in [0, 0.1) is 0 Å². The van der Waals surface area contributed by atoms with Gasteiger partial charge in [0.25, 0.3) is 0 Å². The second kappa shape index (κ2) is 2.35. The molecule has 3 heteroatoms. The van der Waals surface area contributed by atoms with Crippen LogP contribution < -0.4 is 0 Å². The molecule has 60 valence electrons. The van der Waals surface area contributed by atoms with E-state index in [-0.39, 0.29) is 12.0 Å². The highest BCUT2D eigenvalue weighted by atomic mass is 79.9. The topological polar surface area (TPSA) is 33.4 Å². The first kappa shape index (κ1) is 7.37. The highest BCUT2D eigenvalue weighted by Crippen LogP contribution is 2.48. The first-order valence-corrected chi connectivity index (χ1v) is 4.41. The Morgan fingerprint density at radius 3 is 2.73 bits per heavy atom. The van der Waals surface area contributed by atoms with Crippen molar-refractivity contribution in [2.45, 2.75) is 18.3 Å². The van der Waals surface area contributed by atoms with E-state index in [0.29, 0.717) is 0 Å². The summed E-state index contributed by atoms with van der Waals surface area (Å²) in [7, 11) is 0. The highest BCUT2D eigenvalue weighted by Gasteiger charge is 2.46. The maximum atomic E-state index is 9.04. The second-order valence-corrected chi connectivity index (χ2v) is 3.98. The number of aliphatic hydroxyl groups is 1. The van der Waals surface area contributed by atoms with Crippen LogP contribution in [0.4, 0.5) is 0 Å². The maximum Gasteiger partial charge on any atom is 0.113 e. The number of furan rings is 1. The number of hydrogen-bond acceptors (Lipinski definition) is 2. The van der Waals surface area contributed by atoms with Crippen molar-refractivity contribution in [1.29, 1.82) is 0 Å². The molecule has 0 unspecified atom stereocenters. The molecule has 1 aromatic rings. The summed E-state index contributed by atoms with van der Waals surface area (Å²) in [5.41, 5.74) is -0.0357. The van der Waals surface area contributed by atoms with Gasteiger partial charge >= 0.3 is 0 Å². The van der Waals surface area contributed by atoms with Crippen molar-refractivity contribution in [2.75, 3.05) is 6.61 Å². The average molecular weight is 217 g/mol. The molecule has 11 heavy (non-hydrogen) atoms. The van der Waals surface area contributed by atoms with Crippen LogP contribution in [-0.2, 0) is 5.41 Å². The van der Waals surface area contributed by atoms with E-state index in [1.165, 1.54) is 0 Å². The Bertz CT molecular complexity index is 263. The molecule has 0 atom stereocenters. The van der Waals surface area contributed by atoms with Crippen molar-refractivity contribution in [2.24, 2.45) is 0 Å². The molecule has 0 radical (unpaired) electrons.